The fourth-order valence-corrected chi connectivity index (χ4v) is 2.13. The number of hydrogen-bond donors (Lipinski definition) is 1. The van der Waals surface area contributed by atoms with Crippen molar-refractivity contribution < 1.29 is 4.52 Å². The maximum absolute atomic E-state index is 5.35. The zero-order valence-corrected chi connectivity index (χ0v) is 10.4. The Bertz CT molecular complexity index is 335. The molecule has 2 rings (SSSR count). The van der Waals surface area contributed by atoms with Gasteiger partial charge in [-0.25, -0.2) is 0 Å². The third kappa shape index (κ3) is 2.61. The molecule has 90 valence electrons. The van der Waals surface area contributed by atoms with Gasteiger partial charge in [0.25, 0.3) is 0 Å². The molecule has 1 saturated heterocycles. The first kappa shape index (κ1) is 11.6. The second-order valence-electron chi connectivity index (χ2n) is 5.12. The molecule has 1 aromatic heterocycles. The Balaban J connectivity index is 1.96. The molecule has 16 heavy (non-hydrogen) atoms. The van der Waals surface area contributed by atoms with Crippen molar-refractivity contribution in [2.75, 3.05) is 6.54 Å². The van der Waals surface area contributed by atoms with Crippen LogP contribution in [0.2, 0.25) is 0 Å². The predicted octanol–water partition coefficient (Wildman–Crippen LogP) is 2.12. The molecule has 0 radical (unpaired) electrons. The number of aryl methyl sites for hydroxylation is 1. The van der Waals surface area contributed by atoms with Gasteiger partial charge in [-0.05, 0) is 32.2 Å². The van der Waals surface area contributed by atoms with Gasteiger partial charge in [-0.1, -0.05) is 19.0 Å². The zero-order chi connectivity index (χ0) is 11.5. The normalized spacial score (nSPS) is 25.5. The highest BCUT2D eigenvalue weighted by Gasteiger charge is 2.29. The van der Waals surface area contributed by atoms with E-state index >= 15 is 0 Å². The lowest BCUT2D eigenvalue weighted by atomic mass is 10.0. The molecule has 0 aliphatic carbocycles. The fourth-order valence-electron chi connectivity index (χ4n) is 2.13. The summed E-state index contributed by atoms with van der Waals surface area (Å²) in [5.74, 6) is 2.77. The van der Waals surface area contributed by atoms with Gasteiger partial charge < -0.3 is 9.84 Å². The lowest BCUT2D eigenvalue weighted by molar-refractivity contribution is 0.340. The van der Waals surface area contributed by atoms with Crippen molar-refractivity contribution in [3.05, 3.63) is 11.7 Å². The Morgan fingerprint density at radius 2 is 2.31 bits per heavy atom. The minimum Gasteiger partial charge on any atom is -0.339 e. The monoisotopic (exact) mass is 223 g/mol. The smallest absolute Gasteiger partial charge is 0.231 e. The number of aromatic nitrogens is 2. The van der Waals surface area contributed by atoms with Gasteiger partial charge in [0, 0.05) is 12.5 Å². The van der Waals surface area contributed by atoms with E-state index in [4.69, 9.17) is 4.52 Å². The average molecular weight is 223 g/mol. The quantitative estimate of drug-likeness (QED) is 0.849. The molecule has 2 unspecified atom stereocenters. The summed E-state index contributed by atoms with van der Waals surface area (Å²) in [6.45, 7) is 7.65. The van der Waals surface area contributed by atoms with Gasteiger partial charge in [-0.15, -0.1) is 0 Å². The third-order valence-corrected chi connectivity index (χ3v) is 3.27. The highest BCUT2D eigenvalue weighted by molar-refractivity contribution is 5.02. The molecule has 2 atom stereocenters. The Morgan fingerprint density at radius 1 is 1.50 bits per heavy atom. The van der Waals surface area contributed by atoms with Gasteiger partial charge in [0.1, 0.15) is 0 Å². The summed E-state index contributed by atoms with van der Waals surface area (Å²) < 4.78 is 5.35. The lowest BCUT2D eigenvalue weighted by Gasteiger charge is -2.08. The van der Waals surface area contributed by atoms with Gasteiger partial charge >= 0.3 is 0 Å². The van der Waals surface area contributed by atoms with Crippen LogP contribution >= 0.6 is 0 Å². The molecule has 4 nitrogen and oxygen atoms in total. The molecule has 0 amide bonds. The summed E-state index contributed by atoms with van der Waals surface area (Å²) in [5.41, 5.74) is 0. The van der Waals surface area contributed by atoms with Crippen molar-refractivity contribution in [3.63, 3.8) is 0 Å². The average Bonchev–Trinajstić information content (AvgIpc) is 2.83. The maximum atomic E-state index is 5.35. The summed E-state index contributed by atoms with van der Waals surface area (Å²) in [6.07, 6.45) is 3.15. The summed E-state index contributed by atoms with van der Waals surface area (Å²) >= 11 is 0. The molecule has 1 aromatic rings. The van der Waals surface area contributed by atoms with E-state index in [-0.39, 0.29) is 0 Å². The van der Waals surface area contributed by atoms with Crippen LogP contribution in [0.15, 0.2) is 4.52 Å². The standard InChI is InChI=1S/C12H21N3O/c1-8(2)4-5-11-14-12(16-15-11)10-6-7-13-9(10)3/h8-10,13H,4-7H2,1-3H3. The molecule has 1 fully saturated rings. The summed E-state index contributed by atoms with van der Waals surface area (Å²) in [4.78, 5) is 4.50. The topological polar surface area (TPSA) is 51.0 Å². The molecule has 0 aromatic carbocycles. The second-order valence-corrected chi connectivity index (χ2v) is 5.12. The Labute approximate surface area is 96.8 Å². The highest BCUT2D eigenvalue weighted by Crippen LogP contribution is 2.26. The van der Waals surface area contributed by atoms with Crippen molar-refractivity contribution in [2.24, 2.45) is 5.92 Å². The van der Waals surface area contributed by atoms with Crippen LogP contribution in [0.4, 0.5) is 0 Å². The Kier molecular flexibility index (Phi) is 3.59. The molecule has 0 spiro atoms. The molecule has 2 heterocycles. The first-order valence-corrected chi connectivity index (χ1v) is 6.22. The molecule has 0 saturated carbocycles. The summed E-state index contributed by atoms with van der Waals surface area (Å²) in [5, 5.41) is 7.45. The van der Waals surface area contributed by atoms with Crippen LogP contribution in [-0.2, 0) is 6.42 Å². The van der Waals surface area contributed by atoms with Gasteiger partial charge in [0.05, 0.1) is 5.92 Å². The van der Waals surface area contributed by atoms with Gasteiger partial charge in [0.2, 0.25) is 5.89 Å². The van der Waals surface area contributed by atoms with Crippen molar-refractivity contribution in [1.82, 2.24) is 15.5 Å². The molecular weight excluding hydrogens is 202 g/mol. The molecule has 1 aliphatic heterocycles. The first-order chi connectivity index (χ1) is 7.66. The van der Waals surface area contributed by atoms with E-state index in [1.54, 1.807) is 0 Å². The number of nitrogens with zero attached hydrogens (tertiary/aromatic N) is 2. The summed E-state index contributed by atoms with van der Waals surface area (Å²) in [6, 6.07) is 0.457. The predicted molar refractivity (Wildman–Crippen MR) is 62.3 cm³/mol. The van der Waals surface area contributed by atoms with E-state index in [1.165, 1.54) is 0 Å². The van der Waals surface area contributed by atoms with E-state index in [0.29, 0.717) is 17.9 Å². The van der Waals surface area contributed by atoms with Crippen LogP contribution in [0.5, 0.6) is 0 Å². The van der Waals surface area contributed by atoms with E-state index in [9.17, 15) is 0 Å². The van der Waals surface area contributed by atoms with E-state index < -0.39 is 0 Å². The maximum Gasteiger partial charge on any atom is 0.231 e. The van der Waals surface area contributed by atoms with Crippen LogP contribution in [-0.4, -0.2) is 22.7 Å². The first-order valence-electron chi connectivity index (χ1n) is 6.22. The molecule has 0 bridgehead atoms. The lowest BCUT2D eigenvalue weighted by Crippen LogP contribution is -2.21. The van der Waals surface area contributed by atoms with Crippen molar-refractivity contribution in [3.8, 4) is 0 Å². The largest absolute Gasteiger partial charge is 0.339 e. The fraction of sp³-hybridized carbons (Fsp3) is 0.833. The minimum absolute atomic E-state index is 0.403. The molecular formula is C12H21N3O. The van der Waals surface area contributed by atoms with Crippen LogP contribution < -0.4 is 5.32 Å². The zero-order valence-electron chi connectivity index (χ0n) is 10.4. The van der Waals surface area contributed by atoms with Crippen LogP contribution in [0, 0.1) is 5.92 Å². The minimum atomic E-state index is 0.403. The summed E-state index contributed by atoms with van der Waals surface area (Å²) in [7, 11) is 0. The number of rotatable bonds is 4. The Hall–Kier alpha value is -0.900. The highest BCUT2D eigenvalue weighted by atomic mass is 16.5. The molecule has 1 aliphatic rings. The van der Waals surface area contributed by atoms with E-state index in [1.807, 2.05) is 0 Å². The number of hydrogen-bond acceptors (Lipinski definition) is 4. The Morgan fingerprint density at radius 3 is 2.94 bits per heavy atom. The number of nitrogens with one attached hydrogen (secondary N) is 1. The van der Waals surface area contributed by atoms with Crippen molar-refractivity contribution in [1.29, 1.82) is 0 Å². The van der Waals surface area contributed by atoms with Gasteiger partial charge in [-0.3, -0.25) is 0 Å². The molecule has 4 heteroatoms. The third-order valence-electron chi connectivity index (χ3n) is 3.27. The van der Waals surface area contributed by atoms with Gasteiger partial charge in [0.15, 0.2) is 5.82 Å². The van der Waals surface area contributed by atoms with Crippen molar-refractivity contribution in [2.45, 2.75) is 52.0 Å². The SMILES string of the molecule is CC(C)CCc1noc(C2CCNC2C)n1. The van der Waals surface area contributed by atoms with Crippen LogP contribution in [0.25, 0.3) is 0 Å². The van der Waals surface area contributed by atoms with E-state index in [0.717, 1.165) is 37.5 Å². The molecule has 1 N–H and O–H groups in total. The van der Waals surface area contributed by atoms with Crippen LogP contribution in [0.3, 0.4) is 0 Å². The van der Waals surface area contributed by atoms with Gasteiger partial charge in [-0.2, -0.15) is 4.98 Å². The second kappa shape index (κ2) is 4.95. The van der Waals surface area contributed by atoms with Crippen molar-refractivity contribution >= 4 is 0 Å². The van der Waals surface area contributed by atoms with E-state index in [2.05, 4.69) is 36.2 Å². The van der Waals surface area contributed by atoms with Crippen LogP contribution in [0.1, 0.15) is 51.2 Å².